The summed E-state index contributed by atoms with van der Waals surface area (Å²) < 4.78 is 0. The summed E-state index contributed by atoms with van der Waals surface area (Å²) in [6.07, 6.45) is 3.80. The monoisotopic (exact) mass is 520 g/mol. The zero-order valence-corrected chi connectivity index (χ0v) is 20.2. The summed E-state index contributed by atoms with van der Waals surface area (Å²) in [5.74, 6) is 0. The van der Waals surface area contributed by atoms with E-state index in [0.29, 0.717) is 5.12 Å². The SMILES string of the molecule is CCCC(C(=O)SC)[P+](c1ccccc1)(c1ccccc1)c1ccccc1.[I-]. The molecule has 0 bridgehead atoms. The largest absolute Gasteiger partial charge is 1.00 e. The highest BCUT2D eigenvalue weighted by Crippen LogP contribution is 2.61. The molecule has 146 valence electrons. The normalized spacial score (nSPS) is 12.1. The number of carbonyl (C=O) groups is 1. The van der Waals surface area contributed by atoms with Gasteiger partial charge in [0, 0.05) is 0 Å². The van der Waals surface area contributed by atoms with Crippen LogP contribution in [-0.2, 0) is 4.79 Å². The Labute approximate surface area is 190 Å². The highest BCUT2D eigenvalue weighted by molar-refractivity contribution is 8.14. The molecule has 0 saturated heterocycles. The Hall–Kier alpha value is -1.16. The number of hydrogen-bond donors (Lipinski definition) is 0. The molecular formula is C24H26IOPS. The lowest BCUT2D eigenvalue weighted by molar-refractivity contribution is -0.110. The summed E-state index contributed by atoms with van der Waals surface area (Å²) in [5, 5.41) is 4.14. The molecule has 1 unspecified atom stereocenters. The molecule has 0 aliphatic rings. The Balaban J connectivity index is 0.00000280. The molecule has 0 heterocycles. The van der Waals surface area contributed by atoms with Crippen LogP contribution in [0.25, 0.3) is 0 Å². The summed E-state index contributed by atoms with van der Waals surface area (Å²) in [4.78, 5) is 13.3. The highest BCUT2D eigenvalue weighted by atomic mass is 127. The summed E-state index contributed by atoms with van der Waals surface area (Å²) in [5.41, 5.74) is -0.0234. The first-order chi connectivity index (χ1) is 13.2. The van der Waals surface area contributed by atoms with Gasteiger partial charge in [0.05, 0.1) is 0 Å². The molecule has 0 saturated carbocycles. The van der Waals surface area contributed by atoms with Crippen molar-refractivity contribution in [3.8, 4) is 0 Å². The molecule has 1 nitrogen and oxygen atoms in total. The minimum atomic E-state index is -2.12. The van der Waals surface area contributed by atoms with Gasteiger partial charge in [0.15, 0.2) is 5.66 Å². The third-order valence-electron chi connectivity index (χ3n) is 4.99. The van der Waals surface area contributed by atoms with Gasteiger partial charge in [0.25, 0.3) is 0 Å². The van der Waals surface area contributed by atoms with E-state index in [2.05, 4.69) is 97.9 Å². The van der Waals surface area contributed by atoms with E-state index in [1.807, 2.05) is 6.26 Å². The summed E-state index contributed by atoms with van der Waals surface area (Å²) in [6, 6.07) is 32.0. The van der Waals surface area contributed by atoms with Crippen LogP contribution < -0.4 is 39.9 Å². The van der Waals surface area contributed by atoms with Gasteiger partial charge in [-0.15, -0.1) is 0 Å². The van der Waals surface area contributed by atoms with Gasteiger partial charge in [-0.1, -0.05) is 79.7 Å². The van der Waals surface area contributed by atoms with Gasteiger partial charge in [-0.05, 0) is 49.1 Å². The first-order valence-corrected chi connectivity index (χ1v) is 12.5. The fourth-order valence-electron chi connectivity index (χ4n) is 3.86. The van der Waals surface area contributed by atoms with Crippen LogP contribution in [0.5, 0.6) is 0 Å². The molecule has 3 rings (SSSR count). The van der Waals surface area contributed by atoms with Crippen LogP contribution in [0.3, 0.4) is 0 Å². The van der Waals surface area contributed by atoms with E-state index in [4.69, 9.17) is 0 Å². The number of rotatable bonds is 7. The van der Waals surface area contributed by atoms with Crippen molar-refractivity contribution < 1.29 is 28.8 Å². The first kappa shape index (κ1) is 23.1. The van der Waals surface area contributed by atoms with Crippen molar-refractivity contribution in [1.82, 2.24) is 0 Å². The van der Waals surface area contributed by atoms with Gasteiger partial charge < -0.3 is 24.0 Å². The van der Waals surface area contributed by atoms with Gasteiger partial charge in [-0.2, -0.15) is 0 Å². The van der Waals surface area contributed by atoms with Crippen LogP contribution in [-0.4, -0.2) is 17.0 Å². The first-order valence-electron chi connectivity index (χ1n) is 9.38. The van der Waals surface area contributed by atoms with E-state index in [1.54, 1.807) is 0 Å². The lowest BCUT2D eigenvalue weighted by Gasteiger charge is -2.33. The Morgan fingerprint density at radius 3 is 1.43 bits per heavy atom. The molecule has 3 aromatic rings. The molecule has 0 fully saturated rings. The second-order valence-electron chi connectivity index (χ2n) is 6.56. The van der Waals surface area contributed by atoms with Crippen molar-refractivity contribution in [3.63, 3.8) is 0 Å². The zero-order chi connectivity index (χ0) is 19.1. The topological polar surface area (TPSA) is 17.1 Å². The van der Waals surface area contributed by atoms with Crippen molar-refractivity contribution in [2.24, 2.45) is 0 Å². The molecular weight excluding hydrogens is 494 g/mol. The Bertz CT molecular complexity index is 759. The fourth-order valence-corrected chi connectivity index (χ4v) is 9.90. The number of carbonyl (C=O) groups excluding carboxylic acids is 1. The van der Waals surface area contributed by atoms with Crippen molar-refractivity contribution in [1.29, 1.82) is 0 Å². The molecule has 0 aromatic heterocycles. The maximum atomic E-state index is 13.3. The average Bonchev–Trinajstić information content (AvgIpc) is 2.75. The Morgan fingerprint density at radius 2 is 1.14 bits per heavy atom. The third kappa shape index (κ3) is 4.53. The number of halogens is 1. The van der Waals surface area contributed by atoms with E-state index in [9.17, 15) is 4.79 Å². The van der Waals surface area contributed by atoms with Crippen LogP contribution in [0.1, 0.15) is 19.8 Å². The molecule has 28 heavy (non-hydrogen) atoms. The molecule has 0 amide bonds. The predicted molar refractivity (Wildman–Crippen MR) is 122 cm³/mol. The van der Waals surface area contributed by atoms with E-state index < -0.39 is 7.26 Å². The summed E-state index contributed by atoms with van der Waals surface area (Å²) >= 11 is 1.37. The maximum Gasteiger partial charge on any atom is 0.230 e. The van der Waals surface area contributed by atoms with E-state index in [0.717, 1.165) is 12.8 Å². The van der Waals surface area contributed by atoms with E-state index >= 15 is 0 Å². The Morgan fingerprint density at radius 1 is 0.786 bits per heavy atom. The standard InChI is InChI=1S/C24H26OPS.HI/c1-3-13-23(24(25)27-2)26(20-14-7-4-8-15-20,21-16-9-5-10-17-21)22-18-11-6-12-19-22;/h4-12,14-19,23H,3,13H2,1-2H3;1H/q+1;/p-1. The molecule has 4 heteroatoms. The van der Waals surface area contributed by atoms with Crippen LogP contribution in [0.2, 0.25) is 0 Å². The van der Waals surface area contributed by atoms with E-state index in [-0.39, 0.29) is 29.6 Å². The van der Waals surface area contributed by atoms with Crippen LogP contribution in [0.4, 0.5) is 0 Å². The third-order valence-corrected chi connectivity index (χ3v) is 10.6. The van der Waals surface area contributed by atoms with E-state index in [1.165, 1.54) is 27.7 Å². The summed E-state index contributed by atoms with van der Waals surface area (Å²) in [7, 11) is -2.12. The fraction of sp³-hybridized carbons (Fsp3) is 0.208. The Kier molecular flexibility index (Phi) is 9.20. The minimum absolute atomic E-state index is 0. The second kappa shape index (κ2) is 11.1. The number of hydrogen-bond acceptors (Lipinski definition) is 2. The molecule has 0 aliphatic carbocycles. The van der Waals surface area contributed by atoms with Crippen molar-refractivity contribution in [3.05, 3.63) is 91.0 Å². The molecule has 0 aliphatic heterocycles. The van der Waals surface area contributed by atoms with Gasteiger partial charge in [0.2, 0.25) is 5.12 Å². The lowest BCUT2D eigenvalue weighted by Crippen LogP contribution is -3.00. The molecule has 3 aromatic carbocycles. The van der Waals surface area contributed by atoms with Gasteiger partial charge >= 0.3 is 0 Å². The lowest BCUT2D eigenvalue weighted by atomic mass is 10.3. The minimum Gasteiger partial charge on any atom is -1.00 e. The van der Waals surface area contributed by atoms with Gasteiger partial charge in [-0.3, -0.25) is 4.79 Å². The van der Waals surface area contributed by atoms with Crippen LogP contribution in [0, 0.1) is 0 Å². The van der Waals surface area contributed by atoms with Crippen LogP contribution >= 0.6 is 19.0 Å². The number of thioether (sulfide) groups is 1. The highest BCUT2D eigenvalue weighted by Gasteiger charge is 2.54. The van der Waals surface area contributed by atoms with Crippen molar-refractivity contribution in [2.45, 2.75) is 25.4 Å². The molecule has 0 radical (unpaired) electrons. The molecule has 0 spiro atoms. The zero-order valence-electron chi connectivity index (χ0n) is 16.3. The van der Waals surface area contributed by atoms with Gasteiger partial charge in [0.1, 0.15) is 23.2 Å². The average molecular weight is 520 g/mol. The van der Waals surface area contributed by atoms with Crippen molar-refractivity contribution in [2.75, 3.05) is 6.26 Å². The maximum absolute atomic E-state index is 13.3. The second-order valence-corrected chi connectivity index (χ2v) is 11.0. The quantitative estimate of drug-likeness (QED) is 0.351. The van der Waals surface area contributed by atoms with Crippen LogP contribution in [0.15, 0.2) is 91.0 Å². The summed E-state index contributed by atoms with van der Waals surface area (Å²) in [6.45, 7) is 2.18. The van der Waals surface area contributed by atoms with Crippen molar-refractivity contribution >= 4 is 40.1 Å². The molecule has 0 N–H and O–H groups in total. The van der Waals surface area contributed by atoms with Gasteiger partial charge in [-0.25, -0.2) is 0 Å². The molecule has 1 atom stereocenters. The predicted octanol–water partition coefficient (Wildman–Crippen LogP) is 2.04. The smallest absolute Gasteiger partial charge is 0.230 e. The number of benzene rings is 3.